The Morgan fingerprint density at radius 1 is 1.61 bits per heavy atom. The van der Waals surface area contributed by atoms with Crippen molar-refractivity contribution in [1.82, 2.24) is 15.0 Å². The summed E-state index contributed by atoms with van der Waals surface area (Å²) in [5.41, 5.74) is 0.554. The van der Waals surface area contributed by atoms with Crippen molar-refractivity contribution < 1.29 is 9.32 Å². The lowest BCUT2D eigenvalue weighted by molar-refractivity contribution is 0.0733. The van der Waals surface area contributed by atoms with Gasteiger partial charge >= 0.3 is 0 Å². The van der Waals surface area contributed by atoms with Gasteiger partial charge in [-0.2, -0.15) is 0 Å². The minimum atomic E-state index is -0.00792. The number of amides is 1. The van der Waals surface area contributed by atoms with E-state index in [4.69, 9.17) is 4.52 Å². The molecule has 94 valence electrons. The molecule has 2 aromatic rings. The van der Waals surface area contributed by atoms with Crippen molar-refractivity contribution in [3.05, 3.63) is 34.1 Å². The maximum atomic E-state index is 12.4. The third-order valence-electron chi connectivity index (χ3n) is 3.23. The summed E-state index contributed by atoms with van der Waals surface area (Å²) in [5.74, 6) is 0.566. The normalized spacial score (nSPS) is 19.4. The van der Waals surface area contributed by atoms with E-state index >= 15 is 0 Å². The predicted molar refractivity (Wildman–Crippen MR) is 66.4 cm³/mol. The third kappa shape index (κ3) is 1.82. The van der Waals surface area contributed by atoms with Gasteiger partial charge in [-0.25, -0.2) is 4.98 Å². The van der Waals surface area contributed by atoms with Crippen LogP contribution < -0.4 is 0 Å². The van der Waals surface area contributed by atoms with Crippen LogP contribution in [0.3, 0.4) is 0 Å². The van der Waals surface area contributed by atoms with Gasteiger partial charge in [-0.1, -0.05) is 5.16 Å². The van der Waals surface area contributed by atoms with E-state index in [0.29, 0.717) is 11.3 Å². The number of likely N-dealkylation sites (tertiary alicyclic amines) is 1. The molecule has 0 aromatic carbocycles. The summed E-state index contributed by atoms with van der Waals surface area (Å²) in [6.45, 7) is 2.53. The molecule has 1 saturated heterocycles. The highest BCUT2D eigenvalue weighted by atomic mass is 32.1. The van der Waals surface area contributed by atoms with Crippen LogP contribution in [0, 0.1) is 6.92 Å². The zero-order valence-corrected chi connectivity index (χ0v) is 10.8. The van der Waals surface area contributed by atoms with Gasteiger partial charge in [-0.3, -0.25) is 4.79 Å². The lowest BCUT2D eigenvalue weighted by Gasteiger charge is -2.22. The fourth-order valence-electron chi connectivity index (χ4n) is 2.32. The van der Waals surface area contributed by atoms with E-state index in [-0.39, 0.29) is 11.9 Å². The summed E-state index contributed by atoms with van der Waals surface area (Å²) in [4.78, 5) is 18.6. The highest BCUT2D eigenvalue weighted by molar-refractivity contribution is 7.09. The van der Waals surface area contributed by atoms with Gasteiger partial charge in [-0.05, 0) is 19.8 Å². The topological polar surface area (TPSA) is 59.2 Å². The number of carbonyl (C=O) groups excluding carboxylic acids is 1. The van der Waals surface area contributed by atoms with Gasteiger partial charge in [0.1, 0.15) is 16.3 Å². The Morgan fingerprint density at radius 2 is 2.50 bits per heavy atom. The molecule has 3 rings (SSSR count). The molecule has 2 aromatic heterocycles. The average Bonchev–Trinajstić information content (AvgIpc) is 3.09. The van der Waals surface area contributed by atoms with Crippen LogP contribution in [-0.2, 0) is 0 Å². The average molecular weight is 263 g/mol. The van der Waals surface area contributed by atoms with Gasteiger partial charge < -0.3 is 9.42 Å². The highest BCUT2D eigenvalue weighted by Crippen LogP contribution is 2.34. The first-order valence-corrected chi connectivity index (χ1v) is 6.77. The largest absolute Gasteiger partial charge is 0.361 e. The number of hydrogen-bond donors (Lipinski definition) is 0. The van der Waals surface area contributed by atoms with Crippen LogP contribution in [-0.4, -0.2) is 27.5 Å². The molecular formula is C12H13N3O2S. The molecule has 1 amide bonds. The fraction of sp³-hybridized carbons (Fsp3) is 0.417. The van der Waals surface area contributed by atoms with Gasteiger partial charge in [0, 0.05) is 18.1 Å². The number of thiazole rings is 1. The Bertz CT molecular complexity index is 549. The molecule has 1 aliphatic rings. The van der Waals surface area contributed by atoms with Crippen LogP contribution in [0.15, 0.2) is 22.3 Å². The molecule has 1 fully saturated rings. The van der Waals surface area contributed by atoms with E-state index in [0.717, 1.165) is 24.4 Å². The van der Waals surface area contributed by atoms with Crippen molar-refractivity contribution in [3.8, 4) is 0 Å². The molecule has 5 nitrogen and oxygen atoms in total. The molecule has 0 saturated carbocycles. The van der Waals surface area contributed by atoms with Crippen molar-refractivity contribution in [2.24, 2.45) is 0 Å². The van der Waals surface area contributed by atoms with Crippen molar-refractivity contribution in [2.75, 3.05) is 6.54 Å². The molecule has 0 unspecified atom stereocenters. The van der Waals surface area contributed by atoms with Gasteiger partial charge in [0.25, 0.3) is 5.91 Å². The second-order valence-electron chi connectivity index (χ2n) is 4.32. The zero-order valence-electron chi connectivity index (χ0n) is 10.00. The fourth-order valence-corrected chi connectivity index (χ4v) is 3.11. The van der Waals surface area contributed by atoms with Crippen LogP contribution in [0.4, 0.5) is 0 Å². The number of rotatable bonds is 2. The van der Waals surface area contributed by atoms with E-state index in [1.807, 2.05) is 10.3 Å². The molecule has 0 aliphatic carbocycles. The summed E-state index contributed by atoms with van der Waals surface area (Å²) in [6, 6.07) is 0.104. The van der Waals surface area contributed by atoms with Crippen molar-refractivity contribution in [3.63, 3.8) is 0 Å². The number of hydrogen-bond acceptors (Lipinski definition) is 5. The number of carbonyl (C=O) groups is 1. The number of nitrogens with zero attached hydrogens (tertiary/aromatic N) is 3. The molecule has 1 aliphatic heterocycles. The molecule has 3 heterocycles. The third-order valence-corrected chi connectivity index (χ3v) is 4.11. The van der Waals surface area contributed by atoms with E-state index in [2.05, 4.69) is 10.1 Å². The van der Waals surface area contributed by atoms with E-state index in [9.17, 15) is 4.79 Å². The van der Waals surface area contributed by atoms with Crippen LogP contribution in [0.2, 0.25) is 0 Å². The SMILES string of the molecule is Cc1oncc1C(=O)N1CCC[C@@H]1c1nccs1. The van der Waals surface area contributed by atoms with Crippen molar-refractivity contribution in [1.29, 1.82) is 0 Å². The number of aryl methyl sites for hydroxylation is 1. The zero-order chi connectivity index (χ0) is 12.5. The van der Waals surface area contributed by atoms with Crippen LogP contribution in [0.1, 0.15) is 40.0 Å². The van der Waals surface area contributed by atoms with Crippen LogP contribution in [0.5, 0.6) is 0 Å². The predicted octanol–water partition coefficient (Wildman–Crippen LogP) is 2.42. The standard InChI is InChI=1S/C12H13N3O2S/c1-8-9(7-14-17-8)12(16)15-5-2-3-10(15)11-13-4-6-18-11/h4,6-7,10H,2-3,5H2,1H3/t10-/m1/s1. The van der Waals surface area contributed by atoms with E-state index in [1.54, 1.807) is 24.5 Å². The highest BCUT2D eigenvalue weighted by Gasteiger charge is 2.33. The first kappa shape index (κ1) is 11.4. The molecule has 6 heteroatoms. The summed E-state index contributed by atoms with van der Waals surface area (Å²) in [6.07, 6.45) is 5.27. The van der Waals surface area contributed by atoms with Crippen LogP contribution >= 0.6 is 11.3 Å². The maximum absolute atomic E-state index is 12.4. The smallest absolute Gasteiger partial charge is 0.259 e. The first-order valence-electron chi connectivity index (χ1n) is 5.89. The van der Waals surface area contributed by atoms with Gasteiger partial charge in [0.05, 0.1) is 12.2 Å². The van der Waals surface area contributed by atoms with E-state index < -0.39 is 0 Å². The van der Waals surface area contributed by atoms with E-state index in [1.165, 1.54) is 6.20 Å². The Kier molecular flexibility index (Phi) is 2.87. The van der Waals surface area contributed by atoms with Crippen molar-refractivity contribution >= 4 is 17.2 Å². The lowest BCUT2D eigenvalue weighted by Crippen LogP contribution is -2.30. The Morgan fingerprint density at radius 3 is 3.17 bits per heavy atom. The molecule has 0 radical (unpaired) electrons. The van der Waals surface area contributed by atoms with Crippen molar-refractivity contribution in [2.45, 2.75) is 25.8 Å². The van der Waals surface area contributed by atoms with Gasteiger partial charge in [-0.15, -0.1) is 11.3 Å². The van der Waals surface area contributed by atoms with Gasteiger partial charge in [0.2, 0.25) is 0 Å². The molecule has 0 bridgehead atoms. The number of aromatic nitrogens is 2. The summed E-state index contributed by atoms with van der Waals surface area (Å²) in [7, 11) is 0. The first-order chi connectivity index (χ1) is 8.77. The lowest BCUT2D eigenvalue weighted by atomic mass is 10.2. The maximum Gasteiger partial charge on any atom is 0.259 e. The quantitative estimate of drug-likeness (QED) is 0.835. The molecular weight excluding hydrogens is 250 g/mol. The summed E-state index contributed by atoms with van der Waals surface area (Å²) < 4.78 is 4.96. The minimum absolute atomic E-state index is 0.00792. The molecule has 1 atom stereocenters. The minimum Gasteiger partial charge on any atom is -0.361 e. The Labute approximate surface area is 108 Å². The Hall–Kier alpha value is -1.69. The second-order valence-corrected chi connectivity index (χ2v) is 5.25. The molecule has 0 N–H and O–H groups in total. The Balaban J connectivity index is 1.88. The monoisotopic (exact) mass is 263 g/mol. The molecule has 18 heavy (non-hydrogen) atoms. The summed E-state index contributed by atoms with van der Waals surface area (Å²) >= 11 is 1.60. The second kappa shape index (κ2) is 4.53. The van der Waals surface area contributed by atoms with Gasteiger partial charge in [0.15, 0.2) is 0 Å². The van der Waals surface area contributed by atoms with Crippen LogP contribution in [0.25, 0.3) is 0 Å². The molecule has 0 spiro atoms. The summed E-state index contributed by atoms with van der Waals surface area (Å²) in [5, 5.41) is 6.62.